The van der Waals surface area contributed by atoms with E-state index in [2.05, 4.69) is 122 Å². The lowest BCUT2D eigenvalue weighted by Crippen LogP contribution is -2.26. The Bertz CT molecular complexity index is 982. The highest BCUT2D eigenvalue weighted by Gasteiger charge is 2.27. The Morgan fingerprint density at radius 2 is 1.07 bits per heavy atom. The Balaban J connectivity index is 2.08. The first-order chi connectivity index (χ1) is 13.2. The van der Waals surface area contributed by atoms with E-state index in [1.807, 2.05) is 0 Å². The summed E-state index contributed by atoms with van der Waals surface area (Å²) in [7, 11) is -2.03. The average Bonchev–Trinajstić information content (AvgIpc) is 3.25. The number of hydrogen-bond donors (Lipinski definition) is 1. The van der Waals surface area contributed by atoms with E-state index in [0.717, 1.165) is 0 Å². The van der Waals surface area contributed by atoms with Gasteiger partial charge in [0.25, 0.3) is 0 Å². The zero-order valence-corrected chi connectivity index (χ0v) is 16.7. The highest BCUT2D eigenvalue weighted by atomic mass is 31.2. The van der Waals surface area contributed by atoms with Gasteiger partial charge in [0.15, 0.2) is 0 Å². The fourth-order valence-electron chi connectivity index (χ4n) is 3.69. The molecule has 0 spiro atoms. The van der Waals surface area contributed by atoms with E-state index in [0.29, 0.717) is 0 Å². The minimum Gasteiger partial charge on any atom is -0.358 e. The molecule has 1 N–H and O–H groups in total. The minimum absolute atomic E-state index is 1.24. The molecule has 0 atom stereocenters. The summed E-state index contributed by atoms with van der Waals surface area (Å²) < 4.78 is 0. The van der Waals surface area contributed by atoms with Gasteiger partial charge in [0, 0.05) is 12.7 Å². The summed E-state index contributed by atoms with van der Waals surface area (Å²) in [5, 5.41) is 8.10. The lowest BCUT2D eigenvalue weighted by Gasteiger charge is -2.33. The average molecular weight is 369 g/mol. The topological polar surface area (TPSA) is 12.0 Å². The summed E-state index contributed by atoms with van der Waals surface area (Å²) in [6, 6.07) is 28.3. The number of hydrogen-bond acceptors (Lipinski definition) is 1. The van der Waals surface area contributed by atoms with Crippen molar-refractivity contribution < 1.29 is 0 Å². The molecular formula is C25H24NP. The Kier molecular flexibility index (Phi) is 4.88. The van der Waals surface area contributed by atoms with Gasteiger partial charge in [-0.1, -0.05) is 103 Å². The molecule has 2 heteroatoms. The number of benzene rings is 3. The molecule has 3 aromatic rings. The molecule has 0 fully saturated rings. The lowest BCUT2D eigenvalue weighted by molar-refractivity contribution is 1.39. The Morgan fingerprint density at radius 3 is 1.56 bits per heavy atom. The second-order valence-corrected chi connectivity index (χ2v) is 9.98. The molecule has 1 aliphatic carbocycles. The third kappa shape index (κ3) is 3.20. The van der Waals surface area contributed by atoms with Crippen molar-refractivity contribution in [3.63, 3.8) is 0 Å². The first-order valence-corrected chi connectivity index (χ1v) is 11.1. The van der Waals surface area contributed by atoms with Gasteiger partial charge in [-0.05, 0) is 40.9 Å². The van der Waals surface area contributed by atoms with Crippen molar-refractivity contribution >= 4 is 28.6 Å². The van der Waals surface area contributed by atoms with Gasteiger partial charge in [0.05, 0.1) is 0 Å². The van der Waals surface area contributed by atoms with Crippen molar-refractivity contribution in [1.82, 2.24) is 0 Å². The first-order valence-electron chi connectivity index (χ1n) is 9.29. The summed E-state index contributed by atoms with van der Waals surface area (Å²) in [5.74, 6) is 0. The molecule has 0 saturated heterocycles. The minimum atomic E-state index is -2.03. The summed E-state index contributed by atoms with van der Waals surface area (Å²) in [5.41, 5.74) is 3.79. The zero-order valence-electron chi connectivity index (χ0n) is 15.8. The molecule has 1 aliphatic rings. The van der Waals surface area contributed by atoms with E-state index in [1.165, 1.54) is 32.7 Å². The van der Waals surface area contributed by atoms with E-state index >= 15 is 0 Å². The summed E-state index contributed by atoms with van der Waals surface area (Å²) in [4.78, 5) is 0. The second-order valence-electron chi connectivity index (χ2n) is 6.86. The number of para-hydroxylation sites is 1. The number of nitrogens with one attached hydrogen (secondary N) is 1. The SMILES string of the molecule is Cc1cccc(C)c1NP(=C1C=CC=C1)(c1ccccc1)c1ccccc1. The van der Waals surface area contributed by atoms with Crippen LogP contribution in [0.25, 0.3) is 0 Å². The molecule has 0 unspecified atom stereocenters. The van der Waals surface area contributed by atoms with E-state index in [-0.39, 0.29) is 0 Å². The second kappa shape index (κ2) is 7.47. The fourth-order valence-corrected chi connectivity index (χ4v) is 7.52. The molecule has 0 saturated carbocycles. The van der Waals surface area contributed by atoms with Crippen LogP contribution in [0.2, 0.25) is 0 Å². The maximum absolute atomic E-state index is 4.08. The van der Waals surface area contributed by atoms with Crippen LogP contribution in [-0.2, 0) is 0 Å². The molecule has 0 bridgehead atoms. The van der Waals surface area contributed by atoms with Crippen molar-refractivity contribution in [3.05, 3.63) is 114 Å². The highest BCUT2D eigenvalue weighted by molar-refractivity contribution is 7.91. The van der Waals surface area contributed by atoms with Crippen molar-refractivity contribution in [2.24, 2.45) is 0 Å². The molecular weight excluding hydrogens is 345 g/mol. The number of rotatable bonds is 4. The maximum Gasteiger partial charge on any atom is 0.0435 e. The summed E-state index contributed by atoms with van der Waals surface area (Å²) >= 11 is 0. The van der Waals surface area contributed by atoms with Crippen LogP contribution in [0.5, 0.6) is 0 Å². The van der Waals surface area contributed by atoms with Gasteiger partial charge in [-0.2, -0.15) is 0 Å². The van der Waals surface area contributed by atoms with Gasteiger partial charge < -0.3 is 5.09 Å². The van der Waals surface area contributed by atoms with Crippen LogP contribution in [0.15, 0.2) is 103 Å². The molecule has 0 radical (unpaired) electrons. The smallest absolute Gasteiger partial charge is 0.0435 e. The summed E-state index contributed by atoms with van der Waals surface area (Å²) in [6.45, 7) is 4.37. The van der Waals surface area contributed by atoms with Crippen LogP contribution in [0, 0.1) is 13.8 Å². The Labute approximate surface area is 162 Å². The number of aryl methyl sites for hydroxylation is 2. The predicted molar refractivity (Wildman–Crippen MR) is 122 cm³/mol. The van der Waals surface area contributed by atoms with Crippen molar-refractivity contribution in [3.8, 4) is 0 Å². The van der Waals surface area contributed by atoms with E-state index < -0.39 is 7.04 Å². The van der Waals surface area contributed by atoms with Crippen molar-refractivity contribution in [1.29, 1.82) is 0 Å². The van der Waals surface area contributed by atoms with Crippen LogP contribution in [0.4, 0.5) is 5.69 Å². The van der Waals surface area contributed by atoms with E-state index in [4.69, 9.17) is 0 Å². The predicted octanol–water partition coefficient (Wildman–Crippen LogP) is 5.60. The zero-order chi connectivity index (χ0) is 18.7. The first kappa shape index (κ1) is 17.6. The van der Waals surface area contributed by atoms with E-state index in [1.54, 1.807) is 0 Å². The molecule has 1 nitrogen and oxygen atoms in total. The molecule has 27 heavy (non-hydrogen) atoms. The maximum atomic E-state index is 4.08. The largest absolute Gasteiger partial charge is 0.358 e. The van der Waals surface area contributed by atoms with Crippen LogP contribution in [0.3, 0.4) is 0 Å². The van der Waals surface area contributed by atoms with Crippen molar-refractivity contribution in [2.75, 3.05) is 5.09 Å². The summed E-state index contributed by atoms with van der Waals surface area (Å²) in [6.07, 6.45) is 8.80. The third-order valence-electron chi connectivity index (χ3n) is 5.08. The van der Waals surface area contributed by atoms with Crippen LogP contribution in [-0.4, -0.2) is 5.29 Å². The molecule has 3 aromatic carbocycles. The van der Waals surface area contributed by atoms with Crippen LogP contribution < -0.4 is 15.7 Å². The van der Waals surface area contributed by atoms with Gasteiger partial charge in [-0.15, -0.1) is 0 Å². The highest BCUT2D eigenvalue weighted by Crippen LogP contribution is 2.49. The van der Waals surface area contributed by atoms with Gasteiger partial charge in [0.1, 0.15) is 0 Å². The van der Waals surface area contributed by atoms with E-state index in [9.17, 15) is 0 Å². The van der Waals surface area contributed by atoms with Crippen LogP contribution in [0.1, 0.15) is 11.1 Å². The standard InChI is InChI=1S/C25H24NP/c1-20-12-11-13-21(2)25(20)26-27(24-18-9-10-19-24,22-14-5-3-6-15-22)23-16-7-4-8-17-23/h3-19,26H,1-2H3. The normalized spacial score (nSPS) is 13.2. The lowest BCUT2D eigenvalue weighted by atomic mass is 10.1. The Morgan fingerprint density at radius 1 is 0.593 bits per heavy atom. The molecule has 134 valence electrons. The monoisotopic (exact) mass is 369 g/mol. The Hall–Kier alpha value is -2.76. The molecule has 0 heterocycles. The van der Waals surface area contributed by atoms with Crippen LogP contribution >= 0.6 is 7.04 Å². The van der Waals surface area contributed by atoms with Gasteiger partial charge in [-0.25, -0.2) is 0 Å². The van der Waals surface area contributed by atoms with Crippen molar-refractivity contribution in [2.45, 2.75) is 13.8 Å². The number of anilines is 1. The third-order valence-corrected chi connectivity index (χ3v) is 8.86. The molecule has 0 aliphatic heterocycles. The number of allylic oxidation sites excluding steroid dienone is 4. The quantitative estimate of drug-likeness (QED) is 0.591. The molecule has 0 aromatic heterocycles. The van der Waals surface area contributed by atoms with Gasteiger partial charge in [-0.3, -0.25) is 0 Å². The molecule has 4 rings (SSSR count). The van der Waals surface area contributed by atoms with Gasteiger partial charge >= 0.3 is 0 Å². The van der Waals surface area contributed by atoms with Gasteiger partial charge in [0.2, 0.25) is 0 Å². The molecule has 0 amide bonds. The fraction of sp³-hybridized carbons (Fsp3) is 0.0800.